The molecule has 154 valence electrons. The van der Waals surface area contributed by atoms with Gasteiger partial charge in [0.2, 0.25) is 11.8 Å². The maximum absolute atomic E-state index is 5.85. The average Bonchev–Trinajstić information content (AvgIpc) is 3.35. The largest absolute Gasteiger partial charge is 0.476 e. The van der Waals surface area contributed by atoms with Crippen molar-refractivity contribution >= 4 is 34.7 Å². The summed E-state index contributed by atoms with van der Waals surface area (Å²) >= 11 is 0. The van der Waals surface area contributed by atoms with Gasteiger partial charge in [0.25, 0.3) is 0 Å². The van der Waals surface area contributed by atoms with E-state index in [1.165, 1.54) is 0 Å². The standard InChI is InChI=1S/C24H31N3O2/c1-23(2,3)19-13-28-21(26-19)11-17-15-9-7-8-10-16(15)18(25-17)12-22-27-20(14-29-22)24(4,5)6/h7-12,19-20,25H,13-14H2,1-6H3/b17-11-,18-12?/t19-,20-/m1/s1. The number of aliphatic imine (C=N–C) groups is 2. The number of nitrogens with zero attached hydrogens (tertiary/aromatic N) is 2. The zero-order valence-electron chi connectivity index (χ0n) is 18.2. The van der Waals surface area contributed by atoms with Crippen LogP contribution in [0.3, 0.4) is 0 Å². The van der Waals surface area contributed by atoms with Gasteiger partial charge >= 0.3 is 0 Å². The Labute approximate surface area is 172 Å². The molecule has 0 saturated carbocycles. The van der Waals surface area contributed by atoms with Crippen LogP contribution in [0.25, 0.3) is 22.9 Å². The number of hydrogen-bond donors (Lipinski definition) is 1. The molecule has 2 atom stereocenters. The van der Waals surface area contributed by atoms with E-state index < -0.39 is 0 Å². The zero-order valence-corrected chi connectivity index (χ0v) is 18.2. The molecule has 0 saturated heterocycles. The van der Waals surface area contributed by atoms with Gasteiger partial charge in [0.1, 0.15) is 13.2 Å². The molecule has 2 aliphatic rings. The van der Waals surface area contributed by atoms with Gasteiger partial charge in [0.05, 0.1) is 22.8 Å². The van der Waals surface area contributed by atoms with Gasteiger partial charge in [-0.25, -0.2) is 9.98 Å². The summed E-state index contributed by atoms with van der Waals surface area (Å²) in [4.78, 5) is 13.1. The van der Waals surface area contributed by atoms with Crippen LogP contribution in [0, 0.1) is 10.8 Å². The Bertz CT molecular complexity index is 1010. The van der Waals surface area contributed by atoms with Gasteiger partial charge in [0.15, 0.2) is 0 Å². The van der Waals surface area contributed by atoms with E-state index in [1.807, 2.05) is 24.3 Å². The second-order valence-corrected chi connectivity index (χ2v) is 10.1. The molecule has 2 aliphatic heterocycles. The highest BCUT2D eigenvalue weighted by Crippen LogP contribution is 2.27. The number of H-pyrrole nitrogens is 1. The SMILES string of the molecule is CC(C)(C)[C@H]1COC(C=c2[nH]/c(=C\C3=N[C@@H](C(C)(C)C)CO3)c3ccccc23)=N1. The van der Waals surface area contributed by atoms with Crippen LogP contribution in [-0.4, -0.2) is 42.1 Å². The summed E-state index contributed by atoms with van der Waals surface area (Å²) in [7, 11) is 0. The number of aromatic nitrogens is 1. The van der Waals surface area contributed by atoms with Crippen LogP contribution in [0.15, 0.2) is 34.3 Å². The number of benzene rings is 1. The first kappa shape index (κ1) is 19.7. The normalized spacial score (nSPS) is 23.9. The highest BCUT2D eigenvalue weighted by atomic mass is 16.5. The van der Waals surface area contributed by atoms with Crippen molar-refractivity contribution in [2.75, 3.05) is 13.2 Å². The van der Waals surface area contributed by atoms with E-state index in [4.69, 9.17) is 19.5 Å². The molecule has 0 amide bonds. The molecule has 0 radical (unpaired) electrons. The molecule has 5 heteroatoms. The minimum absolute atomic E-state index is 0.0912. The van der Waals surface area contributed by atoms with E-state index in [1.54, 1.807) is 0 Å². The first-order valence-corrected chi connectivity index (χ1v) is 10.3. The predicted molar refractivity (Wildman–Crippen MR) is 120 cm³/mol. The number of aromatic amines is 1. The molecular weight excluding hydrogens is 362 g/mol. The molecule has 3 heterocycles. The third-order valence-corrected chi connectivity index (χ3v) is 5.66. The number of fused-ring (bicyclic) bond motifs is 1. The molecule has 1 aromatic heterocycles. The maximum atomic E-state index is 5.85. The van der Waals surface area contributed by atoms with Crippen molar-refractivity contribution in [2.45, 2.75) is 53.6 Å². The maximum Gasteiger partial charge on any atom is 0.211 e. The van der Waals surface area contributed by atoms with Crippen LogP contribution in [0.5, 0.6) is 0 Å². The Morgan fingerprint density at radius 1 is 0.793 bits per heavy atom. The van der Waals surface area contributed by atoms with Crippen molar-refractivity contribution in [1.82, 2.24) is 4.98 Å². The van der Waals surface area contributed by atoms with Crippen molar-refractivity contribution in [3.8, 4) is 0 Å². The van der Waals surface area contributed by atoms with Crippen LogP contribution in [0.1, 0.15) is 41.5 Å². The Balaban J connectivity index is 1.76. The van der Waals surface area contributed by atoms with Gasteiger partial charge in [-0.15, -0.1) is 0 Å². The average molecular weight is 394 g/mol. The Kier molecular flexibility index (Phi) is 4.80. The van der Waals surface area contributed by atoms with Gasteiger partial charge in [0, 0.05) is 22.9 Å². The van der Waals surface area contributed by atoms with Gasteiger partial charge in [-0.3, -0.25) is 0 Å². The lowest BCUT2D eigenvalue weighted by molar-refractivity contribution is 0.237. The van der Waals surface area contributed by atoms with Gasteiger partial charge < -0.3 is 14.5 Å². The fourth-order valence-electron chi connectivity index (χ4n) is 3.54. The summed E-state index contributed by atoms with van der Waals surface area (Å²) in [5.74, 6) is 1.37. The second kappa shape index (κ2) is 7.05. The minimum Gasteiger partial charge on any atom is -0.476 e. The summed E-state index contributed by atoms with van der Waals surface area (Å²) in [5, 5.41) is 4.25. The summed E-state index contributed by atoms with van der Waals surface area (Å²) in [6, 6.07) is 8.67. The molecule has 0 aliphatic carbocycles. The Morgan fingerprint density at radius 2 is 1.21 bits per heavy atom. The highest BCUT2D eigenvalue weighted by Gasteiger charge is 2.30. The van der Waals surface area contributed by atoms with Crippen molar-refractivity contribution in [3.63, 3.8) is 0 Å². The molecule has 0 spiro atoms. The Hall–Kier alpha value is -2.56. The predicted octanol–water partition coefficient (Wildman–Crippen LogP) is 3.42. The van der Waals surface area contributed by atoms with E-state index in [0.29, 0.717) is 25.0 Å². The third-order valence-electron chi connectivity index (χ3n) is 5.66. The van der Waals surface area contributed by atoms with E-state index >= 15 is 0 Å². The fraction of sp³-hybridized carbons (Fsp3) is 0.500. The minimum atomic E-state index is 0.0912. The molecule has 5 nitrogen and oxygen atoms in total. The summed E-state index contributed by atoms with van der Waals surface area (Å²) in [6.45, 7) is 14.4. The lowest BCUT2D eigenvalue weighted by Gasteiger charge is -2.21. The van der Waals surface area contributed by atoms with Gasteiger partial charge in [-0.2, -0.15) is 0 Å². The van der Waals surface area contributed by atoms with Crippen LogP contribution < -0.4 is 10.7 Å². The first-order chi connectivity index (χ1) is 13.6. The molecule has 0 fully saturated rings. The monoisotopic (exact) mass is 393 g/mol. The van der Waals surface area contributed by atoms with Crippen LogP contribution in [-0.2, 0) is 9.47 Å². The van der Waals surface area contributed by atoms with E-state index in [-0.39, 0.29) is 22.9 Å². The fourth-order valence-corrected chi connectivity index (χ4v) is 3.54. The number of rotatable bonds is 2. The quantitative estimate of drug-likeness (QED) is 0.850. The second-order valence-electron chi connectivity index (χ2n) is 10.1. The molecule has 2 aromatic rings. The molecular formula is C24H31N3O2. The van der Waals surface area contributed by atoms with Gasteiger partial charge in [-0.05, 0) is 10.8 Å². The summed E-state index contributed by atoms with van der Waals surface area (Å²) in [5.41, 5.74) is 0.182. The molecule has 0 unspecified atom stereocenters. The summed E-state index contributed by atoms with van der Waals surface area (Å²) in [6.07, 6.45) is 4.00. The first-order valence-electron chi connectivity index (χ1n) is 10.3. The van der Waals surface area contributed by atoms with Crippen molar-refractivity contribution in [3.05, 3.63) is 35.0 Å². The zero-order chi connectivity index (χ0) is 20.8. The van der Waals surface area contributed by atoms with E-state index in [2.05, 4.69) is 58.7 Å². The lowest BCUT2D eigenvalue weighted by atomic mass is 9.88. The molecule has 1 aromatic carbocycles. The van der Waals surface area contributed by atoms with Crippen molar-refractivity contribution < 1.29 is 9.47 Å². The highest BCUT2D eigenvalue weighted by molar-refractivity contribution is 6.09. The lowest BCUT2D eigenvalue weighted by Crippen LogP contribution is -2.25. The molecule has 4 rings (SSSR count). The van der Waals surface area contributed by atoms with Crippen molar-refractivity contribution in [2.24, 2.45) is 20.8 Å². The van der Waals surface area contributed by atoms with Crippen LogP contribution >= 0.6 is 0 Å². The van der Waals surface area contributed by atoms with Crippen molar-refractivity contribution in [1.29, 1.82) is 0 Å². The van der Waals surface area contributed by atoms with Crippen LogP contribution in [0.2, 0.25) is 0 Å². The number of ether oxygens (including phenoxy) is 2. The van der Waals surface area contributed by atoms with E-state index in [0.717, 1.165) is 21.5 Å². The molecule has 0 bridgehead atoms. The Morgan fingerprint density at radius 3 is 1.55 bits per heavy atom. The molecule has 1 N–H and O–H groups in total. The van der Waals surface area contributed by atoms with Crippen LogP contribution in [0.4, 0.5) is 0 Å². The topological polar surface area (TPSA) is 59.0 Å². The number of hydrogen-bond acceptors (Lipinski definition) is 4. The van der Waals surface area contributed by atoms with E-state index in [9.17, 15) is 0 Å². The summed E-state index contributed by atoms with van der Waals surface area (Å²) < 4.78 is 11.7. The smallest absolute Gasteiger partial charge is 0.211 e. The number of nitrogens with one attached hydrogen (secondary N) is 1. The molecule has 29 heavy (non-hydrogen) atoms. The van der Waals surface area contributed by atoms with Gasteiger partial charge in [-0.1, -0.05) is 65.8 Å². The third kappa shape index (κ3) is 4.09.